The Kier molecular flexibility index (Phi) is 7.97. The Balaban J connectivity index is 2.09. The Morgan fingerprint density at radius 3 is 2.32 bits per heavy atom. The number of hydrogen-bond donors (Lipinski definition) is 4. The Morgan fingerprint density at radius 1 is 1.03 bits per heavy atom. The molecule has 164 valence electrons. The first-order chi connectivity index (χ1) is 14.6. The van der Waals surface area contributed by atoms with Crippen molar-refractivity contribution in [2.45, 2.75) is 6.61 Å². The van der Waals surface area contributed by atoms with E-state index in [1.54, 1.807) is 6.07 Å². The molecule has 10 heteroatoms. The van der Waals surface area contributed by atoms with Crippen LogP contribution in [0.25, 0.3) is 12.2 Å². The van der Waals surface area contributed by atoms with Crippen molar-refractivity contribution in [1.29, 1.82) is 0 Å². The number of allylic oxidation sites excluding steroid dienone is 3. The second-order valence-electron chi connectivity index (χ2n) is 6.11. The Labute approximate surface area is 178 Å². The van der Waals surface area contributed by atoms with E-state index in [4.69, 9.17) is 9.29 Å². The number of aliphatic hydroxyl groups is 2. The second kappa shape index (κ2) is 10.4. The lowest BCUT2D eigenvalue weighted by Gasteiger charge is -2.07. The van der Waals surface area contributed by atoms with Gasteiger partial charge in [0, 0.05) is 11.6 Å². The van der Waals surface area contributed by atoms with Gasteiger partial charge in [0.05, 0.1) is 13.7 Å². The maximum absolute atomic E-state index is 12.0. The molecule has 0 amide bonds. The number of phenolic OH excluding ortho intramolecular Hbond substituents is 1. The summed E-state index contributed by atoms with van der Waals surface area (Å²) in [7, 11) is -3.33. The summed E-state index contributed by atoms with van der Waals surface area (Å²) < 4.78 is 39.7. The van der Waals surface area contributed by atoms with Crippen LogP contribution in [-0.2, 0) is 21.8 Å². The topological polar surface area (TPSA) is 151 Å². The minimum absolute atomic E-state index is 0.0319. The molecule has 0 bridgehead atoms. The third-order valence-electron chi connectivity index (χ3n) is 3.83. The zero-order valence-corrected chi connectivity index (χ0v) is 17.1. The van der Waals surface area contributed by atoms with Gasteiger partial charge in [0.25, 0.3) is 0 Å². The number of phenols is 1. The second-order valence-corrected chi connectivity index (χ2v) is 7.13. The molecule has 2 aromatic carbocycles. The molecule has 0 aliphatic carbocycles. The molecule has 2 rings (SSSR count). The van der Waals surface area contributed by atoms with E-state index >= 15 is 0 Å². The molecule has 0 saturated heterocycles. The summed E-state index contributed by atoms with van der Waals surface area (Å²) in [6.45, 7) is -0.556. The minimum Gasteiger partial charge on any atom is -0.508 e. The molecule has 0 heterocycles. The number of ketones is 1. The molecule has 0 aliphatic heterocycles. The van der Waals surface area contributed by atoms with Crippen molar-refractivity contribution in [1.82, 2.24) is 0 Å². The summed E-state index contributed by atoms with van der Waals surface area (Å²) in [6, 6.07) is 8.56. The van der Waals surface area contributed by atoms with E-state index in [2.05, 4.69) is 4.18 Å². The summed E-state index contributed by atoms with van der Waals surface area (Å²) in [5, 5.41) is 28.8. The van der Waals surface area contributed by atoms with E-state index in [1.807, 2.05) is 0 Å². The van der Waals surface area contributed by atoms with Gasteiger partial charge in [-0.3, -0.25) is 9.35 Å². The molecule has 0 saturated carbocycles. The van der Waals surface area contributed by atoms with Crippen molar-refractivity contribution < 1.29 is 42.0 Å². The Hall–Kier alpha value is -3.60. The average molecular weight is 448 g/mol. The summed E-state index contributed by atoms with van der Waals surface area (Å²) in [5.74, 6) is -0.862. The Bertz CT molecular complexity index is 1150. The first kappa shape index (κ1) is 23.7. The number of methoxy groups -OCH3 is 1. The summed E-state index contributed by atoms with van der Waals surface area (Å²) >= 11 is 0. The molecule has 0 aliphatic rings. The first-order valence-corrected chi connectivity index (χ1v) is 10.1. The van der Waals surface area contributed by atoms with E-state index in [1.165, 1.54) is 61.7 Å². The van der Waals surface area contributed by atoms with Gasteiger partial charge in [0.1, 0.15) is 5.76 Å². The highest BCUT2D eigenvalue weighted by molar-refractivity contribution is 7.81. The molecule has 9 nitrogen and oxygen atoms in total. The lowest BCUT2D eigenvalue weighted by molar-refractivity contribution is -0.110. The minimum atomic E-state index is -4.74. The molecule has 0 unspecified atom stereocenters. The molecule has 4 N–H and O–H groups in total. The van der Waals surface area contributed by atoms with Gasteiger partial charge in [-0.1, -0.05) is 24.3 Å². The number of carbonyl (C=O) groups is 1. The maximum atomic E-state index is 12.0. The third kappa shape index (κ3) is 7.63. The molecular formula is C21H20O9S. The summed E-state index contributed by atoms with van der Waals surface area (Å²) in [5.41, 5.74) is 1.16. The molecule has 2 aromatic rings. The number of ether oxygens (including phenoxy) is 1. The van der Waals surface area contributed by atoms with E-state index in [9.17, 15) is 28.5 Å². The van der Waals surface area contributed by atoms with Crippen molar-refractivity contribution in [3.63, 3.8) is 0 Å². The van der Waals surface area contributed by atoms with E-state index in [0.29, 0.717) is 11.1 Å². The zero-order chi connectivity index (χ0) is 23.0. The smallest absolute Gasteiger partial charge is 0.446 e. The van der Waals surface area contributed by atoms with Crippen LogP contribution in [0.2, 0.25) is 0 Å². The lowest BCUT2D eigenvalue weighted by atomic mass is 10.1. The van der Waals surface area contributed by atoms with Gasteiger partial charge in [0.2, 0.25) is 0 Å². The predicted molar refractivity (Wildman–Crippen MR) is 113 cm³/mol. The van der Waals surface area contributed by atoms with E-state index in [0.717, 1.165) is 6.08 Å². The van der Waals surface area contributed by atoms with Crippen LogP contribution in [0, 0.1) is 0 Å². The number of aliphatic hydroxyl groups excluding tert-OH is 2. The number of hydrogen-bond acceptors (Lipinski definition) is 8. The molecule has 0 atom stereocenters. The van der Waals surface area contributed by atoms with Crippen LogP contribution in [0.15, 0.2) is 60.4 Å². The van der Waals surface area contributed by atoms with E-state index in [-0.39, 0.29) is 28.6 Å². The van der Waals surface area contributed by atoms with Crippen molar-refractivity contribution in [2.75, 3.05) is 7.11 Å². The van der Waals surface area contributed by atoms with Crippen molar-refractivity contribution in [3.8, 4) is 17.2 Å². The van der Waals surface area contributed by atoms with Crippen molar-refractivity contribution in [2.24, 2.45) is 0 Å². The van der Waals surface area contributed by atoms with Gasteiger partial charge >= 0.3 is 10.4 Å². The normalized spacial score (nSPS) is 12.4. The van der Waals surface area contributed by atoms with Crippen LogP contribution < -0.4 is 8.92 Å². The SMILES string of the molecule is COc1cc(/C=C/C(=O)/C=C(O)/C=C/c2ccc(OS(=O)(=O)O)c(CO)c2)ccc1O. The highest BCUT2D eigenvalue weighted by Gasteiger charge is 2.11. The van der Waals surface area contributed by atoms with Gasteiger partial charge in [0.15, 0.2) is 23.0 Å². The summed E-state index contributed by atoms with van der Waals surface area (Å²) in [4.78, 5) is 12.0. The van der Waals surface area contributed by atoms with E-state index < -0.39 is 22.8 Å². The van der Waals surface area contributed by atoms with Crippen LogP contribution in [0.1, 0.15) is 16.7 Å². The van der Waals surface area contributed by atoms with Crippen LogP contribution in [-0.4, -0.2) is 41.2 Å². The maximum Gasteiger partial charge on any atom is 0.446 e. The number of rotatable bonds is 9. The first-order valence-electron chi connectivity index (χ1n) is 8.69. The van der Waals surface area contributed by atoms with Gasteiger partial charge in [-0.2, -0.15) is 8.42 Å². The molecular weight excluding hydrogens is 428 g/mol. The van der Waals surface area contributed by atoms with Crippen LogP contribution in [0.4, 0.5) is 0 Å². The van der Waals surface area contributed by atoms with Gasteiger partial charge in [-0.05, 0) is 47.5 Å². The number of benzene rings is 2. The predicted octanol–water partition coefficient (Wildman–Crippen LogP) is 2.81. The highest BCUT2D eigenvalue weighted by Crippen LogP contribution is 2.26. The number of carbonyl (C=O) groups excluding carboxylic acids is 1. The molecule has 0 aromatic heterocycles. The zero-order valence-electron chi connectivity index (χ0n) is 16.3. The lowest BCUT2D eigenvalue weighted by Crippen LogP contribution is -2.08. The molecule has 0 fully saturated rings. The Morgan fingerprint density at radius 2 is 1.68 bits per heavy atom. The van der Waals surface area contributed by atoms with Gasteiger partial charge in [-0.15, -0.1) is 0 Å². The quantitative estimate of drug-likeness (QED) is 0.196. The standard InChI is InChI=1S/C21H20O9S/c1-29-21-11-15(4-8-19(21)25)3-7-18(24)12-17(23)6-2-14-5-9-20(16(10-14)13-22)30-31(26,27)28/h2-12,22-23,25H,13H2,1H3,(H,26,27,28)/b6-2+,7-3+,17-12-. The fraction of sp³-hybridized carbons (Fsp3) is 0.0952. The molecule has 0 radical (unpaired) electrons. The van der Waals surface area contributed by atoms with Crippen molar-refractivity contribution in [3.05, 3.63) is 77.1 Å². The van der Waals surface area contributed by atoms with Crippen LogP contribution in [0.5, 0.6) is 17.2 Å². The third-order valence-corrected chi connectivity index (χ3v) is 4.22. The highest BCUT2D eigenvalue weighted by atomic mass is 32.3. The van der Waals surface area contributed by atoms with Crippen molar-refractivity contribution >= 4 is 28.3 Å². The largest absolute Gasteiger partial charge is 0.508 e. The summed E-state index contributed by atoms with van der Waals surface area (Å²) in [6.07, 6.45) is 6.34. The van der Waals surface area contributed by atoms with Crippen LogP contribution >= 0.6 is 0 Å². The van der Waals surface area contributed by atoms with Gasteiger partial charge < -0.3 is 24.2 Å². The van der Waals surface area contributed by atoms with Gasteiger partial charge in [-0.25, -0.2) is 0 Å². The number of aromatic hydroxyl groups is 1. The molecule has 0 spiro atoms. The van der Waals surface area contributed by atoms with Crippen LogP contribution in [0.3, 0.4) is 0 Å². The fourth-order valence-corrected chi connectivity index (χ4v) is 2.81. The molecule has 31 heavy (non-hydrogen) atoms. The monoisotopic (exact) mass is 448 g/mol. The fourth-order valence-electron chi connectivity index (χ4n) is 2.42. The average Bonchev–Trinajstić information content (AvgIpc) is 2.71.